The highest BCUT2D eigenvalue weighted by molar-refractivity contribution is 6.08. The molecular weight excluding hydrogens is 260 g/mol. The van der Waals surface area contributed by atoms with E-state index in [-0.39, 0.29) is 6.61 Å². The summed E-state index contributed by atoms with van der Waals surface area (Å²) >= 11 is 0. The lowest BCUT2D eigenvalue weighted by atomic mass is 10.1. The molecule has 122 valence electrons. The minimum Gasteiger partial charge on any atom is -0.390 e. The van der Waals surface area contributed by atoms with E-state index in [0.29, 0.717) is 5.69 Å². The molecule has 0 unspecified atom stereocenters. The van der Waals surface area contributed by atoms with Crippen molar-refractivity contribution in [3.05, 3.63) is 41.7 Å². The van der Waals surface area contributed by atoms with Crippen LogP contribution < -0.4 is 0 Å². The van der Waals surface area contributed by atoms with Crippen LogP contribution in [0.1, 0.15) is 66.1 Å². The Morgan fingerprint density at radius 3 is 2.05 bits per heavy atom. The molecule has 0 saturated carbocycles. The van der Waals surface area contributed by atoms with Gasteiger partial charge in [-0.15, -0.1) is 0 Å². The van der Waals surface area contributed by atoms with E-state index in [4.69, 9.17) is 5.11 Å². The number of nitrogens with zero attached hydrogens (tertiary/aromatic N) is 2. The van der Waals surface area contributed by atoms with E-state index in [0.717, 1.165) is 17.7 Å². The number of aliphatic hydroxyl groups excluding tert-OH is 1. The van der Waals surface area contributed by atoms with E-state index < -0.39 is 0 Å². The van der Waals surface area contributed by atoms with Gasteiger partial charge < -0.3 is 5.11 Å². The summed E-state index contributed by atoms with van der Waals surface area (Å²) in [6.07, 6.45) is 6.76. The molecule has 1 rings (SSSR count). The molecule has 1 N–H and O–H groups in total. The first-order valence-electron chi connectivity index (χ1n) is 8.01. The summed E-state index contributed by atoms with van der Waals surface area (Å²) in [5.74, 6) is 0. The van der Waals surface area contributed by atoms with E-state index in [1.807, 2.05) is 53.7 Å². The van der Waals surface area contributed by atoms with Crippen molar-refractivity contribution >= 4 is 5.71 Å². The van der Waals surface area contributed by atoms with Crippen molar-refractivity contribution in [2.45, 2.75) is 61.5 Å². The minimum atomic E-state index is -0.0241. The Balaban J connectivity index is -0.000000478. The first-order valence-corrected chi connectivity index (χ1v) is 8.01. The molecule has 0 aliphatic rings. The smallest absolute Gasteiger partial charge is 0.0852 e. The Morgan fingerprint density at radius 1 is 1.14 bits per heavy atom. The molecule has 0 spiro atoms. The molecule has 0 saturated heterocycles. The highest BCUT2D eigenvalue weighted by Gasteiger charge is 1.99. The van der Waals surface area contributed by atoms with Crippen LogP contribution in [0.4, 0.5) is 0 Å². The molecule has 1 aromatic rings. The van der Waals surface area contributed by atoms with Crippen LogP contribution in [0.5, 0.6) is 0 Å². The van der Waals surface area contributed by atoms with Gasteiger partial charge in [0.15, 0.2) is 0 Å². The Bertz CT molecular complexity index is 354. The van der Waals surface area contributed by atoms with Gasteiger partial charge in [-0.1, -0.05) is 54.5 Å². The fourth-order valence-corrected chi connectivity index (χ4v) is 1.20. The zero-order valence-electron chi connectivity index (χ0n) is 15.1. The maximum atomic E-state index is 8.86. The Morgan fingerprint density at radius 2 is 1.71 bits per heavy atom. The number of aromatic nitrogens is 1. The van der Waals surface area contributed by atoms with Gasteiger partial charge in [0.2, 0.25) is 0 Å². The van der Waals surface area contributed by atoms with Gasteiger partial charge in [-0.2, -0.15) is 0 Å². The maximum absolute atomic E-state index is 8.86. The van der Waals surface area contributed by atoms with Gasteiger partial charge in [0.1, 0.15) is 0 Å². The van der Waals surface area contributed by atoms with Gasteiger partial charge in [-0.25, -0.2) is 0 Å². The summed E-state index contributed by atoms with van der Waals surface area (Å²) in [5.41, 5.74) is 2.56. The third-order valence-corrected chi connectivity index (χ3v) is 2.03. The Kier molecular flexibility index (Phi) is 24.3. The molecule has 1 aromatic heterocycles. The van der Waals surface area contributed by atoms with Crippen molar-refractivity contribution in [1.82, 2.24) is 4.98 Å². The molecule has 0 aromatic carbocycles. The number of rotatable bonds is 4. The van der Waals surface area contributed by atoms with Gasteiger partial charge in [0.05, 0.1) is 18.0 Å². The van der Waals surface area contributed by atoms with Gasteiger partial charge in [-0.05, 0) is 24.6 Å². The first kappa shape index (κ1) is 24.5. The molecule has 0 aliphatic heterocycles. The van der Waals surface area contributed by atoms with Crippen LogP contribution in [0.3, 0.4) is 0 Å². The third kappa shape index (κ3) is 12.0. The second-order valence-corrected chi connectivity index (χ2v) is 3.12. The normalized spacial score (nSPS) is 9.67. The molecule has 0 amide bonds. The van der Waals surface area contributed by atoms with Gasteiger partial charge in [-0.3, -0.25) is 9.98 Å². The number of hydrogen-bond donors (Lipinski definition) is 1. The summed E-state index contributed by atoms with van der Waals surface area (Å²) in [6, 6.07) is 3.72. The molecular formula is C18H34N2O. The second-order valence-electron chi connectivity index (χ2n) is 3.12. The quantitative estimate of drug-likeness (QED) is 0.791. The zero-order valence-corrected chi connectivity index (χ0v) is 15.1. The zero-order chi connectivity index (χ0) is 17.1. The topological polar surface area (TPSA) is 45.5 Å². The number of allylic oxidation sites excluding steroid dienone is 2. The minimum absolute atomic E-state index is 0.0241. The SMILES string of the molecule is CC.CC.CC.CC/C=C\C(=NC)c1ccc(CO)nc1. The molecule has 21 heavy (non-hydrogen) atoms. The van der Waals surface area contributed by atoms with Crippen molar-refractivity contribution in [1.29, 1.82) is 0 Å². The van der Waals surface area contributed by atoms with Crippen LogP contribution in [0.15, 0.2) is 35.5 Å². The van der Waals surface area contributed by atoms with Crippen LogP contribution in [-0.2, 0) is 6.61 Å². The largest absolute Gasteiger partial charge is 0.390 e. The van der Waals surface area contributed by atoms with Gasteiger partial charge >= 0.3 is 0 Å². The molecule has 3 nitrogen and oxygen atoms in total. The molecule has 0 fully saturated rings. The highest BCUT2D eigenvalue weighted by atomic mass is 16.3. The lowest BCUT2D eigenvalue weighted by Crippen LogP contribution is -1.99. The number of aliphatic hydroxyl groups is 1. The number of pyridine rings is 1. The Labute approximate surface area is 131 Å². The van der Waals surface area contributed by atoms with E-state index in [1.165, 1.54) is 0 Å². The second kappa shape index (κ2) is 20.8. The summed E-state index contributed by atoms with van der Waals surface area (Å²) in [5, 5.41) is 8.86. The van der Waals surface area contributed by atoms with Crippen molar-refractivity contribution < 1.29 is 5.11 Å². The summed E-state index contributed by atoms with van der Waals surface area (Å²) in [7, 11) is 1.76. The average Bonchev–Trinajstić information content (AvgIpc) is 2.61. The van der Waals surface area contributed by atoms with E-state index in [9.17, 15) is 0 Å². The molecule has 0 aliphatic carbocycles. The van der Waals surface area contributed by atoms with Crippen molar-refractivity contribution in [2.24, 2.45) is 4.99 Å². The monoisotopic (exact) mass is 294 g/mol. The molecule has 0 bridgehead atoms. The maximum Gasteiger partial charge on any atom is 0.0852 e. The van der Waals surface area contributed by atoms with Crippen LogP contribution >= 0.6 is 0 Å². The van der Waals surface area contributed by atoms with Gasteiger partial charge in [0.25, 0.3) is 0 Å². The fourth-order valence-electron chi connectivity index (χ4n) is 1.20. The fraction of sp³-hybridized carbons (Fsp3) is 0.556. The van der Waals surface area contributed by atoms with E-state index in [2.05, 4.69) is 23.0 Å². The van der Waals surface area contributed by atoms with Crippen molar-refractivity contribution in [3.8, 4) is 0 Å². The summed E-state index contributed by atoms with van der Waals surface area (Å²) < 4.78 is 0. The lowest BCUT2D eigenvalue weighted by molar-refractivity contribution is 0.277. The average molecular weight is 294 g/mol. The molecule has 3 heteroatoms. The van der Waals surface area contributed by atoms with Crippen molar-refractivity contribution in [3.63, 3.8) is 0 Å². The first-order chi connectivity index (χ1) is 10.3. The third-order valence-electron chi connectivity index (χ3n) is 2.03. The predicted molar refractivity (Wildman–Crippen MR) is 96.1 cm³/mol. The summed E-state index contributed by atoms with van der Waals surface area (Å²) in [6.45, 7) is 14.1. The lowest BCUT2D eigenvalue weighted by Gasteiger charge is -2.01. The molecule has 0 radical (unpaired) electrons. The van der Waals surface area contributed by atoms with Crippen LogP contribution in [0.25, 0.3) is 0 Å². The van der Waals surface area contributed by atoms with E-state index in [1.54, 1.807) is 19.3 Å². The standard InChI is InChI=1S/C12H16N2O.3C2H6/c1-3-4-5-12(13-2)10-6-7-11(9-15)14-8-10;3*1-2/h4-8,15H,3,9H2,1-2H3;3*1-2H3/b5-4-,13-12?;;;. The van der Waals surface area contributed by atoms with Gasteiger partial charge in [0, 0.05) is 18.8 Å². The Hall–Kier alpha value is -1.48. The van der Waals surface area contributed by atoms with Crippen LogP contribution in [0, 0.1) is 0 Å². The number of aliphatic imine (C=N–C) groups is 1. The molecule has 0 atom stereocenters. The van der Waals surface area contributed by atoms with Crippen molar-refractivity contribution in [2.75, 3.05) is 7.05 Å². The summed E-state index contributed by atoms with van der Waals surface area (Å²) in [4.78, 5) is 8.29. The van der Waals surface area contributed by atoms with Crippen LogP contribution in [0.2, 0.25) is 0 Å². The van der Waals surface area contributed by atoms with Crippen LogP contribution in [-0.4, -0.2) is 22.8 Å². The molecule has 1 heterocycles. The predicted octanol–water partition coefficient (Wildman–Crippen LogP) is 5.04. The van der Waals surface area contributed by atoms with E-state index >= 15 is 0 Å². The highest BCUT2D eigenvalue weighted by Crippen LogP contribution is 2.04. The number of hydrogen-bond acceptors (Lipinski definition) is 3.